The van der Waals surface area contributed by atoms with E-state index in [4.69, 9.17) is 0 Å². The summed E-state index contributed by atoms with van der Waals surface area (Å²) in [6.45, 7) is 2.86. The van der Waals surface area contributed by atoms with Gasteiger partial charge in [0.1, 0.15) is 0 Å². The normalized spacial score (nSPS) is 20.3. The van der Waals surface area contributed by atoms with E-state index in [1.54, 1.807) is 0 Å². The number of nitrogens with zero attached hydrogens (tertiary/aromatic N) is 2. The monoisotopic (exact) mass is 307 g/mol. The predicted molar refractivity (Wildman–Crippen MR) is 92.9 cm³/mol. The van der Waals surface area contributed by atoms with Crippen LogP contribution in [-0.4, -0.2) is 35.5 Å². The van der Waals surface area contributed by atoms with Crippen molar-refractivity contribution in [2.24, 2.45) is 0 Å². The molecule has 0 bridgehead atoms. The van der Waals surface area contributed by atoms with Crippen molar-refractivity contribution in [3.63, 3.8) is 0 Å². The molecule has 4 heteroatoms. The van der Waals surface area contributed by atoms with Crippen LogP contribution in [-0.2, 0) is 4.79 Å². The lowest BCUT2D eigenvalue weighted by molar-refractivity contribution is -0.113. The summed E-state index contributed by atoms with van der Waals surface area (Å²) in [6, 6.07) is 12.0. The van der Waals surface area contributed by atoms with Crippen molar-refractivity contribution < 1.29 is 4.79 Å². The third kappa shape index (κ3) is 2.70. The van der Waals surface area contributed by atoms with Crippen LogP contribution in [0.3, 0.4) is 0 Å². The molecule has 2 aliphatic rings. The van der Waals surface area contributed by atoms with Crippen LogP contribution in [0.1, 0.15) is 30.5 Å². The molecule has 0 saturated carbocycles. The van der Waals surface area contributed by atoms with Gasteiger partial charge in [-0.15, -0.1) is 0 Å². The molecule has 23 heavy (non-hydrogen) atoms. The van der Waals surface area contributed by atoms with Gasteiger partial charge in [0.25, 0.3) is 5.91 Å². The molecule has 0 unspecified atom stereocenters. The van der Waals surface area contributed by atoms with Crippen molar-refractivity contribution in [1.82, 2.24) is 9.88 Å². The zero-order valence-electron chi connectivity index (χ0n) is 13.2. The fourth-order valence-electron chi connectivity index (χ4n) is 3.48. The van der Waals surface area contributed by atoms with E-state index in [0.717, 1.165) is 35.6 Å². The maximum Gasteiger partial charge on any atom is 0.260 e. The minimum Gasteiger partial charge on any atom is -0.362 e. The van der Waals surface area contributed by atoms with Gasteiger partial charge in [0, 0.05) is 17.5 Å². The number of carbonyl (C=O) groups excluding carboxylic acids is 1. The van der Waals surface area contributed by atoms with Gasteiger partial charge in [-0.3, -0.25) is 14.6 Å². The number of benzene rings is 1. The van der Waals surface area contributed by atoms with Crippen molar-refractivity contribution in [3.8, 4) is 0 Å². The van der Waals surface area contributed by atoms with Crippen LogP contribution in [0, 0.1) is 0 Å². The van der Waals surface area contributed by atoms with Crippen LogP contribution in [0.5, 0.6) is 0 Å². The van der Waals surface area contributed by atoms with E-state index in [0.29, 0.717) is 6.67 Å². The van der Waals surface area contributed by atoms with Crippen molar-refractivity contribution in [3.05, 3.63) is 53.9 Å². The molecule has 2 aromatic rings. The first-order chi connectivity index (χ1) is 11.3. The van der Waals surface area contributed by atoms with Crippen LogP contribution in [0.4, 0.5) is 5.69 Å². The van der Waals surface area contributed by atoms with Gasteiger partial charge in [-0.2, -0.15) is 0 Å². The summed E-state index contributed by atoms with van der Waals surface area (Å²) in [5.74, 6) is 0.103. The SMILES string of the molecule is O=C1C(=Cc2ccc[nH]2)c2ccccc2N1CN1CCCCC1. The van der Waals surface area contributed by atoms with Gasteiger partial charge in [-0.05, 0) is 50.2 Å². The molecule has 0 radical (unpaired) electrons. The number of likely N-dealkylation sites (tertiary alicyclic amines) is 1. The van der Waals surface area contributed by atoms with Crippen LogP contribution < -0.4 is 4.90 Å². The quantitative estimate of drug-likeness (QED) is 0.883. The molecule has 3 heterocycles. The van der Waals surface area contributed by atoms with E-state index in [2.05, 4.69) is 9.88 Å². The number of anilines is 1. The molecular formula is C19H21N3O. The molecule has 4 rings (SSSR count). The molecule has 1 amide bonds. The smallest absolute Gasteiger partial charge is 0.260 e. The summed E-state index contributed by atoms with van der Waals surface area (Å²) in [7, 11) is 0. The highest BCUT2D eigenvalue weighted by Crippen LogP contribution is 2.37. The number of hydrogen-bond acceptors (Lipinski definition) is 2. The van der Waals surface area contributed by atoms with Gasteiger partial charge in [0.15, 0.2) is 0 Å². The first kappa shape index (κ1) is 14.3. The van der Waals surface area contributed by atoms with Gasteiger partial charge in [0.05, 0.1) is 17.9 Å². The fourth-order valence-corrected chi connectivity index (χ4v) is 3.48. The highest BCUT2D eigenvalue weighted by Gasteiger charge is 2.33. The molecule has 1 aromatic heterocycles. The zero-order valence-corrected chi connectivity index (χ0v) is 13.2. The minimum atomic E-state index is 0.103. The summed E-state index contributed by atoms with van der Waals surface area (Å²) in [6.07, 6.45) is 7.60. The number of nitrogens with one attached hydrogen (secondary N) is 1. The first-order valence-electron chi connectivity index (χ1n) is 8.31. The molecule has 2 aliphatic heterocycles. The lowest BCUT2D eigenvalue weighted by Crippen LogP contribution is -2.42. The molecular weight excluding hydrogens is 286 g/mol. The van der Waals surface area contributed by atoms with Crippen molar-refractivity contribution in [2.45, 2.75) is 19.3 Å². The molecule has 1 N–H and O–H groups in total. The average Bonchev–Trinajstić information content (AvgIpc) is 3.19. The van der Waals surface area contributed by atoms with Crippen LogP contribution in [0.2, 0.25) is 0 Å². The largest absolute Gasteiger partial charge is 0.362 e. The van der Waals surface area contributed by atoms with Crippen molar-refractivity contribution >= 4 is 23.2 Å². The van der Waals surface area contributed by atoms with E-state index in [9.17, 15) is 4.79 Å². The van der Waals surface area contributed by atoms with Crippen LogP contribution >= 0.6 is 0 Å². The third-order valence-electron chi connectivity index (χ3n) is 4.67. The Kier molecular flexibility index (Phi) is 3.75. The second-order valence-corrected chi connectivity index (χ2v) is 6.25. The second kappa shape index (κ2) is 6.05. The Bertz CT molecular complexity index is 727. The maximum atomic E-state index is 13.0. The number of rotatable bonds is 3. The Morgan fingerprint density at radius 1 is 1.04 bits per heavy atom. The van der Waals surface area contributed by atoms with Gasteiger partial charge in [0.2, 0.25) is 0 Å². The van der Waals surface area contributed by atoms with E-state index in [1.807, 2.05) is 53.6 Å². The lowest BCUT2D eigenvalue weighted by atomic mass is 10.1. The molecule has 118 valence electrons. The molecule has 1 aromatic carbocycles. The predicted octanol–water partition coefficient (Wildman–Crippen LogP) is 3.35. The Morgan fingerprint density at radius 2 is 1.87 bits per heavy atom. The molecule has 1 fully saturated rings. The zero-order chi connectivity index (χ0) is 15.6. The molecule has 0 spiro atoms. The summed E-state index contributed by atoms with van der Waals surface area (Å²) in [4.78, 5) is 20.4. The third-order valence-corrected chi connectivity index (χ3v) is 4.67. The summed E-state index contributed by atoms with van der Waals surface area (Å²) < 4.78 is 0. The van der Waals surface area contributed by atoms with Crippen molar-refractivity contribution in [2.75, 3.05) is 24.7 Å². The van der Waals surface area contributed by atoms with E-state index in [-0.39, 0.29) is 5.91 Å². The number of H-pyrrole nitrogens is 1. The van der Waals surface area contributed by atoms with Crippen molar-refractivity contribution in [1.29, 1.82) is 0 Å². The average molecular weight is 307 g/mol. The number of amides is 1. The molecule has 1 saturated heterocycles. The Balaban J connectivity index is 1.67. The van der Waals surface area contributed by atoms with Gasteiger partial charge in [-0.1, -0.05) is 24.6 Å². The number of piperidine rings is 1. The van der Waals surface area contributed by atoms with E-state index >= 15 is 0 Å². The number of aromatic amines is 1. The summed E-state index contributed by atoms with van der Waals surface area (Å²) in [5.41, 5.74) is 3.80. The number of carbonyl (C=O) groups is 1. The van der Waals surface area contributed by atoms with Gasteiger partial charge >= 0.3 is 0 Å². The van der Waals surface area contributed by atoms with E-state index in [1.165, 1.54) is 19.3 Å². The number of hydrogen-bond donors (Lipinski definition) is 1. The van der Waals surface area contributed by atoms with Crippen LogP contribution in [0.15, 0.2) is 42.6 Å². The maximum absolute atomic E-state index is 13.0. The first-order valence-corrected chi connectivity index (χ1v) is 8.31. The Morgan fingerprint density at radius 3 is 2.65 bits per heavy atom. The highest BCUT2D eigenvalue weighted by atomic mass is 16.2. The number of fused-ring (bicyclic) bond motifs is 1. The number of para-hydroxylation sites is 1. The van der Waals surface area contributed by atoms with E-state index < -0.39 is 0 Å². The standard InChI is InChI=1S/C19H21N3O/c23-19-17(13-15-7-6-10-20-15)16-8-2-3-9-18(16)22(19)14-21-11-4-1-5-12-21/h2-3,6-10,13,20H,1,4-5,11-12,14H2. The Labute approximate surface area is 136 Å². The molecule has 0 atom stereocenters. The fraction of sp³-hybridized carbons (Fsp3) is 0.316. The molecule has 4 nitrogen and oxygen atoms in total. The summed E-state index contributed by atoms with van der Waals surface area (Å²) >= 11 is 0. The lowest BCUT2D eigenvalue weighted by Gasteiger charge is -2.30. The van der Waals surface area contributed by atoms with Gasteiger partial charge < -0.3 is 4.98 Å². The van der Waals surface area contributed by atoms with Gasteiger partial charge in [-0.25, -0.2) is 0 Å². The molecule has 0 aliphatic carbocycles. The van der Waals surface area contributed by atoms with Crippen LogP contribution in [0.25, 0.3) is 11.6 Å². The highest BCUT2D eigenvalue weighted by molar-refractivity contribution is 6.35. The summed E-state index contributed by atoms with van der Waals surface area (Å²) in [5, 5.41) is 0. The number of aromatic nitrogens is 1. The second-order valence-electron chi connectivity index (χ2n) is 6.25. The Hall–Kier alpha value is -2.33. The minimum absolute atomic E-state index is 0.103. The topological polar surface area (TPSA) is 39.3 Å².